The highest BCUT2D eigenvalue weighted by atomic mass is 79.9. The van der Waals surface area contributed by atoms with Gasteiger partial charge in [-0.05, 0) is 23.8 Å². The fourth-order valence-corrected chi connectivity index (χ4v) is 3.19. The Morgan fingerprint density at radius 2 is 2.26 bits per heavy atom. The van der Waals surface area contributed by atoms with Crippen molar-refractivity contribution < 1.29 is 13.2 Å². The van der Waals surface area contributed by atoms with E-state index in [1.54, 1.807) is 6.92 Å². The first kappa shape index (κ1) is 14.8. The van der Waals surface area contributed by atoms with Crippen molar-refractivity contribution in [3.8, 4) is 5.75 Å². The molecule has 0 radical (unpaired) electrons. The summed E-state index contributed by atoms with van der Waals surface area (Å²) >= 11 is 3.44. The zero-order valence-corrected chi connectivity index (χ0v) is 13.3. The Labute approximate surface area is 122 Å². The van der Waals surface area contributed by atoms with E-state index in [0.717, 1.165) is 16.6 Å². The van der Waals surface area contributed by atoms with Gasteiger partial charge in [-0.25, -0.2) is 8.42 Å². The summed E-state index contributed by atoms with van der Waals surface area (Å²) in [5.74, 6) is 1.32. The minimum absolute atomic E-state index is 0.0913. The van der Waals surface area contributed by atoms with E-state index in [4.69, 9.17) is 4.74 Å². The van der Waals surface area contributed by atoms with Crippen LogP contribution in [0.1, 0.15) is 12.5 Å². The van der Waals surface area contributed by atoms with Crippen LogP contribution in [0.3, 0.4) is 0 Å². The van der Waals surface area contributed by atoms with Crippen LogP contribution < -0.4 is 10.1 Å². The van der Waals surface area contributed by atoms with Gasteiger partial charge in [-0.1, -0.05) is 22.9 Å². The molecule has 2 rings (SSSR count). The highest BCUT2D eigenvalue weighted by Crippen LogP contribution is 2.30. The van der Waals surface area contributed by atoms with Crippen molar-refractivity contribution in [1.29, 1.82) is 0 Å². The maximum Gasteiger partial charge on any atom is 0.151 e. The van der Waals surface area contributed by atoms with Gasteiger partial charge in [0, 0.05) is 29.7 Å². The summed E-state index contributed by atoms with van der Waals surface area (Å²) in [7, 11) is -2.88. The number of nitrogens with one attached hydrogen (secondary N) is 1. The SMILES string of the molecule is CCS(=O)(=O)CCNCC1Cc2cc(Br)ccc2O1. The van der Waals surface area contributed by atoms with E-state index in [1.165, 1.54) is 5.56 Å². The van der Waals surface area contributed by atoms with Crippen molar-refractivity contribution in [3.63, 3.8) is 0 Å². The number of hydrogen-bond donors (Lipinski definition) is 1. The third-order valence-electron chi connectivity index (χ3n) is 3.17. The average molecular weight is 348 g/mol. The number of benzene rings is 1. The van der Waals surface area contributed by atoms with Gasteiger partial charge in [-0.2, -0.15) is 0 Å². The maximum absolute atomic E-state index is 11.3. The molecule has 19 heavy (non-hydrogen) atoms. The number of hydrogen-bond acceptors (Lipinski definition) is 4. The molecule has 0 bridgehead atoms. The molecule has 1 unspecified atom stereocenters. The number of halogens is 1. The summed E-state index contributed by atoms with van der Waals surface area (Å²) < 4.78 is 29.5. The molecule has 6 heteroatoms. The molecule has 1 aliphatic heterocycles. The Morgan fingerprint density at radius 1 is 1.47 bits per heavy atom. The molecule has 0 spiro atoms. The van der Waals surface area contributed by atoms with Crippen molar-refractivity contribution in [1.82, 2.24) is 5.32 Å². The van der Waals surface area contributed by atoms with Crippen LogP contribution in [0.4, 0.5) is 0 Å². The van der Waals surface area contributed by atoms with Gasteiger partial charge < -0.3 is 10.1 Å². The van der Waals surface area contributed by atoms with E-state index < -0.39 is 9.84 Å². The molecule has 0 amide bonds. The van der Waals surface area contributed by atoms with Crippen LogP contribution in [0, 0.1) is 0 Å². The first-order valence-corrected chi connectivity index (χ1v) is 8.98. The molecule has 0 fully saturated rings. The lowest BCUT2D eigenvalue weighted by molar-refractivity contribution is 0.229. The van der Waals surface area contributed by atoms with Crippen LogP contribution >= 0.6 is 15.9 Å². The van der Waals surface area contributed by atoms with E-state index in [9.17, 15) is 8.42 Å². The lowest BCUT2D eigenvalue weighted by Crippen LogP contribution is -2.33. The second-order valence-electron chi connectivity index (χ2n) is 4.64. The molecule has 1 aliphatic rings. The second-order valence-corrected chi connectivity index (χ2v) is 8.02. The normalized spacial score (nSPS) is 18.1. The predicted octanol–water partition coefficient (Wildman–Crippen LogP) is 1.78. The van der Waals surface area contributed by atoms with Crippen molar-refractivity contribution in [2.45, 2.75) is 19.4 Å². The van der Waals surface area contributed by atoms with Crippen LogP contribution in [0.2, 0.25) is 0 Å². The monoisotopic (exact) mass is 347 g/mol. The zero-order valence-electron chi connectivity index (χ0n) is 10.9. The standard InChI is InChI=1S/C13H18BrNO3S/c1-2-19(16,17)6-5-15-9-12-8-10-7-11(14)3-4-13(10)18-12/h3-4,7,12,15H,2,5-6,8-9H2,1H3. The second kappa shape index (κ2) is 6.24. The van der Waals surface area contributed by atoms with Gasteiger partial charge in [0.1, 0.15) is 11.9 Å². The number of ether oxygens (including phenoxy) is 1. The fraction of sp³-hybridized carbons (Fsp3) is 0.538. The van der Waals surface area contributed by atoms with Crippen molar-refractivity contribution >= 4 is 25.8 Å². The van der Waals surface area contributed by atoms with Gasteiger partial charge in [0.05, 0.1) is 5.75 Å². The van der Waals surface area contributed by atoms with Gasteiger partial charge in [0.15, 0.2) is 9.84 Å². The molecule has 1 N–H and O–H groups in total. The highest BCUT2D eigenvalue weighted by molar-refractivity contribution is 9.10. The smallest absolute Gasteiger partial charge is 0.151 e. The van der Waals surface area contributed by atoms with E-state index in [0.29, 0.717) is 13.1 Å². The molecule has 1 aromatic rings. The molecule has 0 saturated carbocycles. The molecule has 4 nitrogen and oxygen atoms in total. The first-order valence-electron chi connectivity index (χ1n) is 6.36. The summed E-state index contributed by atoms with van der Waals surface area (Å²) in [6.07, 6.45) is 0.955. The maximum atomic E-state index is 11.3. The number of rotatable bonds is 6. The molecule has 1 heterocycles. The lowest BCUT2D eigenvalue weighted by Gasteiger charge is -2.11. The summed E-state index contributed by atoms with van der Waals surface area (Å²) in [6.45, 7) is 2.82. The third kappa shape index (κ3) is 4.19. The Morgan fingerprint density at radius 3 is 3.00 bits per heavy atom. The van der Waals surface area contributed by atoms with Crippen molar-refractivity contribution in [2.24, 2.45) is 0 Å². The number of sulfone groups is 1. The van der Waals surface area contributed by atoms with Crippen LogP contribution in [0.25, 0.3) is 0 Å². The van der Waals surface area contributed by atoms with Crippen LogP contribution in [0.15, 0.2) is 22.7 Å². The van der Waals surface area contributed by atoms with Gasteiger partial charge in [-0.3, -0.25) is 0 Å². The highest BCUT2D eigenvalue weighted by Gasteiger charge is 2.22. The van der Waals surface area contributed by atoms with E-state index >= 15 is 0 Å². The van der Waals surface area contributed by atoms with E-state index in [-0.39, 0.29) is 17.6 Å². The van der Waals surface area contributed by atoms with E-state index in [2.05, 4.69) is 27.3 Å². The first-order chi connectivity index (χ1) is 9.00. The Balaban J connectivity index is 1.75. The van der Waals surface area contributed by atoms with Gasteiger partial charge in [0.25, 0.3) is 0 Å². The van der Waals surface area contributed by atoms with Gasteiger partial charge in [0.2, 0.25) is 0 Å². The Hall–Kier alpha value is -0.590. The number of fused-ring (bicyclic) bond motifs is 1. The third-order valence-corrected chi connectivity index (χ3v) is 5.36. The van der Waals surface area contributed by atoms with Gasteiger partial charge >= 0.3 is 0 Å². The molecule has 106 valence electrons. The van der Waals surface area contributed by atoms with E-state index in [1.807, 2.05) is 12.1 Å². The molecule has 0 aliphatic carbocycles. The minimum atomic E-state index is -2.88. The molecule has 0 aromatic heterocycles. The molecule has 0 saturated heterocycles. The average Bonchev–Trinajstić information content (AvgIpc) is 2.76. The lowest BCUT2D eigenvalue weighted by atomic mass is 10.1. The van der Waals surface area contributed by atoms with Crippen LogP contribution in [0.5, 0.6) is 5.75 Å². The Bertz CT molecular complexity index is 545. The summed E-state index contributed by atoms with van der Waals surface area (Å²) in [6, 6.07) is 5.99. The fourth-order valence-electron chi connectivity index (χ4n) is 2.04. The summed E-state index contributed by atoms with van der Waals surface area (Å²) in [5.41, 5.74) is 1.20. The van der Waals surface area contributed by atoms with Crippen molar-refractivity contribution in [2.75, 3.05) is 24.6 Å². The minimum Gasteiger partial charge on any atom is -0.488 e. The molecular formula is C13H18BrNO3S. The topological polar surface area (TPSA) is 55.4 Å². The van der Waals surface area contributed by atoms with Crippen LogP contribution in [-0.2, 0) is 16.3 Å². The van der Waals surface area contributed by atoms with Crippen molar-refractivity contribution in [3.05, 3.63) is 28.2 Å². The summed E-state index contributed by atoms with van der Waals surface area (Å²) in [4.78, 5) is 0. The largest absolute Gasteiger partial charge is 0.488 e. The predicted molar refractivity (Wildman–Crippen MR) is 79.5 cm³/mol. The quantitative estimate of drug-likeness (QED) is 0.797. The summed E-state index contributed by atoms with van der Waals surface area (Å²) in [5, 5.41) is 3.15. The van der Waals surface area contributed by atoms with Gasteiger partial charge in [-0.15, -0.1) is 0 Å². The molecule has 1 atom stereocenters. The molecular weight excluding hydrogens is 330 g/mol. The Kier molecular flexibility index (Phi) is 4.86. The van der Waals surface area contributed by atoms with Crippen LogP contribution in [-0.4, -0.2) is 39.1 Å². The molecule has 1 aromatic carbocycles. The zero-order chi connectivity index (χ0) is 13.9.